The standard InChI is InChI=1S/C13H18F2N2/c14-8-10-4-5-13(12(15)7-10)17-9-11-3-1-2-6-16-11/h4-5,7,11,16-17H,1-3,6,8-9H2. The minimum absolute atomic E-state index is 0.379. The molecule has 0 spiro atoms. The Bertz CT molecular complexity index is 362. The first-order valence-electron chi connectivity index (χ1n) is 6.11. The summed E-state index contributed by atoms with van der Waals surface area (Å²) in [7, 11) is 0. The van der Waals surface area contributed by atoms with Gasteiger partial charge in [-0.25, -0.2) is 8.78 Å². The van der Waals surface area contributed by atoms with E-state index in [1.165, 1.54) is 18.9 Å². The van der Waals surface area contributed by atoms with Crippen molar-refractivity contribution in [3.8, 4) is 0 Å². The second-order valence-corrected chi connectivity index (χ2v) is 4.48. The van der Waals surface area contributed by atoms with Gasteiger partial charge in [-0.1, -0.05) is 12.5 Å². The molecule has 2 N–H and O–H groups in total. The highest BCUT2D eigenvalue weighted by Crippen LogP contribution is 2.17. The van der Waals surface area contributed by atoms with Crippen molar-refractivity contribution >= 4 is 5.69 Å². The number of hydrogen-bond acceptors (Lipinski definition) is 2. The van der Waals surface area contributed by atoms with Crippen molar-refractivity contribution < 1.29 is 8.78 Å². The summed E-state index contributed by atoms with van der Waals surface area (Å²) in [6.07, 6.45) is 3.57. The van der Waals surface area contributed by atoms with Crippen LogP contribution in [0.2, 0.25) is 0 Å². The van der Waals surface area contributed by atoms with Gasteiger partial charge in [0.25, 0.3) is 0 Å². The summed E-state index contributed by atoms with van der Waals surface area (Å²) in [4.78, 5) is 0. The van der Waals surface area contributed by atoms with Crippen LogP contribution < -0.4 is 10.6 Å². The minimum Gasteiger partial charge on any atom is -0.381 e. The van der Waals surface area contributed by atoms with E-state index in [2.05, 4.69) is 10.6 Å². The first-order valence-corrected chi connectivity index (χ1v) is 6.11. The summed E-state index contributed by atoms with van der Waals surface area (Å²) in [6.45, 7) is 1.13. The quantitative estimate of drug-likeness (QED) is 0.845. The van der Waals surface area contributed by atoms with E-state index in [1.807, 2.05) is 0 Å². The SMILES string of the molecule is FCc1ccc(NCC2CCCCN2)c(F)c1. The Morgan fingerprint density at radius 2 is 2.24 bits per heavy atom. The van der Waals surface area contributed by atoms with Gasteiger partial charge in [0.05, 0.1) is 5.69 Å². The van der Waals surface area contributed by atoms with Gasteiger partial charge in [0.15, 0.2) is 0 Å². The lowest BCUT2D eigenvalue weighted by Gasteiger charge is -2.24. The van der Waals surface area contributed by atoms with Crippen molar-refractivity contribution in [2.24, 2.45) is 0 Å². The molecule has 0 aliphatic carbocycles. The molecule has 1 saturated heterocycles. The van der Waals surface area contributed by atoms with E-state index in [-0.39, 0.29) is 5.82 Å². The predicted octanol–water partition coefficient (Wildman–Crippen LogP) is 2.85. The van der Waals surface area contributed by atoms with Crippen molar-refractivity contribution in [1.82, 2.24) is 5.32 Å². The number of alkyl halides is 1. The summed E-state index contributed by atoms with van der Waals surface area (Å²) in [5.74, 6) is -0.379. The van der Waals surface area contributed by atoms with Crippen LogP contribution in [0.4, 0.5) is 14.5 Å². The first kappa shape index (κ1) is 12.3. The molecule has 2 nitrogen and oxygen atoms in total. The molecule has 4 heteroatoms. The number of benzene rings is 1. The maximum Gasteiger partial charge on any atom is 0.146 e. The zero-order valence-corrected chi connectivity index (χ0v) is 9.81. The molecular formula is C13H18F2N2. The topological polar surface area (TPSA) is 24.1 Å². The molecule has 2 rings (SSSR count). The van der Waals surface area contributed by atoms with E-state index in [4.69, 9.17) is 0 Å². The molecule has 94 valence electrons. The Kier molecular flexibility index (Phi) is 4.31. The molecule has 17 heavy (non-hydrogen) atoms. The summed E-state index contributed by atoms with van der Waals surface area (Å²) in [6, 6.07) is 4.87. The molecule has 0 amide bonds. The summed E-state index contributed by atoms with van der Waals surface area (Å²) in [5, 5.41) is 6.46. The number of halogens is 2. The molecule has 0 aromatic heterocycles. The Balaban J connectivity index is 1.89. The molecule has 0 bridgehead atoms. The summed E-state index contributed by atoms with van der Waals surface area (Å²) < 4.78 is 25.9. The lowest BCUT2D eigenvalue weighted by Crippen LogP contribution is -2.39. The Morgan fingerprint density at radius 1 is 1.35 bits per heavy atom. The van der Waals surface area contributed by atoms with E-state index >= 15 is 0 Å². The first-order chi connectivity index (χ1) is 8.29. The van der Waals surface area contributed by atoms with E-state index in [1.54, 1.807) is 12.1 Å². The van der Waals surface area contributed by atoms with Gasteiger partial charge in [0, 0.05) is 12.6 Å². The number of nitrogens with one attached hydrogen (secondary N) is 2. The highest BCUT2D eigenvalue weighted by atomic mass is 19.1. The summed E-state index contributed by atoms with van der Waals surface area (Å²) in [5.41, 5.74) is 0.832. The monoisotopic (exact) mass is 240 g/mol. The van der Waals surface area contributed by atoms with Crippen molar-refractivity contribution in [3.05, 3.63) is 29.6 Å². The third-order valence-electron chi connectivity index (χ3n) is 3.14. The molecule has 1 aliphatic rings. The molecule has 1 aliphatic heterocycles. The largest absolute Gasteiger partial charge is 0.381 e. The van der Waals surface area contributed by atoms with Gasteiger partial charge in [-0.3, -0.25) is 0 Å². The highest BCUT2D eigenvalue weighted by Gasteiger charge is 2.12. The smallest absolute Gasteiger partial charge is 0.146 e. The summed E-state index contributed by atoms with van der Waals surface area (Å²) >= 11 is 0. The third kappa shape index (κ3) is 3.40. The van der Waals surface area contributed by atoms with Crippen LogP contribution in [0.3, 0.4) is 0 Å². The zero-order valence-electron chi connectivity index (χ0n) is 9.81. The average molecular weight is 240 g/mol. The van der Waals surface area contributed by atoms with Crippen LogP contribution >= 0.6 is 0 Å². The van der Waals surface area contributed by atoms with Gasteiger partial charge >= 0.3 is 0 Å². The van der Waals surface area contributed by atoms with E-state index < -0.39 is 6.67 Å². The molecule has 1 fully saturated rings. The van der Waals surface area contributed by atoms with E-state index in [0.29, 0.717) is 23.8 Å². The molecule has 0 radical (unpaired) electrons. The second-order valence-electron chi connectivity index (χ2n) is 4.48. The highest BCUT2D eigenvalue weighted by molar-refractivity contribution is 5.46. The van der Waals surface area contributed by atoms with Crippen LogP contribution in [0.1, 0.15) is 24.8 Å². The van der Waals surface area contributed by atoms with Crippen molar-refractivity contribution in [2.75, 3.05) is 18.4 Å². The predicted molar refractivity (Wildman–Crippen MR) is 65.3 cm³/mol. The lowest BCUT2D eigenvalue weighted by molar-refractivity contribution is 0.413. The Morgan fingerprint density at radius 3 is 2.88 bits per heavy atom. The molecule has 1 aromatic carbocycles. The third-order valence-corrected chi connectivity index (χ3v) is 3.14. The zero-order chi connectivity index (χ0) is 12.1. The second kappa shape index (κ2) is 5.96. The number of anilines is 1. The van der Waals surface area contributed by atoms with Crippen LogP contribution in [0.5, 0.6) is 0 Å². The molecule has 1 heterocycles. The van der Waals surface area contributed by atoms with Crippen LogP contribution in [-0.2, 0) is 6.67 Å². The van der Waals surface area contributed by atoms with E-state index in [9.17, 15) is 8.78 Å². The maximum absolute atomic E-state index is 13.5. The van der Waals surface area contributed by atoms with Crippen molar-refractivity contribution in [2.45, 2.75) is 32.0 Å². The van der Waals surface area contributed by atoms with Crippen LogP contribution in [-0.4, -0.2) is 19.1 Å². The van der Waals surface area contributed by atoms with Crippen LogP contribution in [0.15, 0.2) is 18.2 Å². The molecular weight excluding hydrogens is 222 g/mol. The molecule has 0 saturated carbocycles. The van der Waals surface area contributed by atoms with Gasteiger partial charge in [0.1, 0.15) is 12.5 Å². The van der Waals surface area contributed by atoms with Crippen molar-refractivity contribution in [1.29, 1.82) is 0 Å². The van der Waals surface area contributed by atoms with E-state index in [0.717, 1.165) is 13.0 Å². The molecule has 1 unspecified atom stereocenters. The molecule has 1 atom stereocenters. The maximum atomic E-state index is 13.5. The number of piperidine rings is 1. The van der Waals surface area contributed by atoms with Gasteiger partial charge in [-0.05, 0) is 37.1 Å². The van der Waals surface area contributed by atoms with Gasteiger partial charge in [-0.15, -0.1) is 0 Å². The average Bonchev–Trinajstić information content (AvgIpc) is 2.38. The minimum atomic E-state index is -0.624. The van der Waals surface area contributed by atoms with Gasteiger partial charge in [-0.2, -0.15) is 0 Å². The van der Waals surface area contributed by atoms with Crippen molar-refractivity contribution in [3.63, 3.8) is 0 Å². The van der Waals surface area contributed by atoms with Crippen LogP contribution in [0, 0.1) is 5.82 Å². The lowest BCUT2D eigenvalue weighted by atomic mass is 10.1. The number of rotatable bonds is 4. The number of hydrogen-bond donors (Lipinski definition) is 2. The Labute approximate surface area is 100 Å². The fraction of sp³-hybridized carbons (Fsp3) is 0.538. The normalized spacial score (nSPS) is 20.2. The fourth-order valence-corrected chi connectivity index (χ4v) is 2.12. The molecule has 1 aromatic rings. The Hall–Kier alpha value is -1.16. The van der Waals surface area contributed by atoms with Gasteiger partial charge in [0.2, 0.25) is 0 Å². The van der Waals surface area contributed by atoms with Crippen LogP contribution in [0.25, 0.3) is 0 Å². The fourth-order valence-electron chi connectivity index (χ4n) is 2.12. The van der Waals surface area contributed by atoms with Gasteiger partial charge < -0.3 is 10.6 Å².